The molecular weight excluding hydrogens is 1570 g/mol. The molecule has 28 nitrogen and oxygen atoms in total. The van der Waals surface area contributed by atoms with E-state index in [4.69, 9.17) is 53.6 Å². The number of carboxylic acids is 3. The van der Waals surface area contributed by atoms with Crippen molar-refractivity contribution in [2.75, 3.05) is 68.8 Å². The van der Waals surface area contributed by atoms with Crippen molar-refractivity contribution >= 4 is 42.1 Å². The van der Waals surface area contributed by atoms with Crippen LogP contribution in [0, 0.1) is 73.6 Å². The number of phenols is 2. The van der Waals surface area contributed by atoms with E-state index in [1.54, 1.807) is 84.1 Å². The van der Waals surface area contributed by atoms with Crippen LogP contribution in [-0.4, -0.2) is 175 Å². The number of carbonyl (C=O) groups is 6. The van der Waals surface area contributed by atoms with Gasteiger partial charge in [0.15, 0.2) is 6.29 Å². The zero-order valence-corrected chi connectivity index (χ0v) is 69.4. The molecule has 3 aliphatic heterocycles. The third-order valence-electron chi connectivity index (χ3n) is 14.6. The third-order valence-corrected chi connectivity index (χ3v) is 14.6. The van der Waals surface area contributed by atoms with Crippen molar-refractivity contribution in [3.8, 4) is 51.7 Å². The van der Waals surface area contributed by atoms with Gasteiger partial charge in [-0.15, -0.1) is 0 Å². The summed E-state index contributed by atoms with van der Waals surface area (Å²) in [5, 5.41) is 46.9. The van der Waals surface area contributed by atoms with Crippen LogP contribution in [-0.2, 0) is 122 Å². The molecule has 7 aromatic rings. The molecule has 6 atom stereocenters. The molecule has 3 aromatic carbocycles. The SMILES string of the molecule is C.C.C.COc1cc(O)c(C(CC(=O)N2C[C@H](C)C[C@H](C)C2)c2cnc(C)[nH]2)c(OC)c1.COc1cc(O)cc(OC)c1.COc1cc(OC)c2c(c1)OC(=O)CC2c1cnc(C)[nH]1.C[C@@H]1CNC[C@H](C)C1.Cc1ncc(/C=C/C(=O)O)[nH]1.Cc1ncc(C=O)[nH]1.O=C(O)CC(=O)O.[CH3-].[CH3-].[CH3-].[Y].[Y].[Y]. The summed E-state index contributed by atoms with van der Waals surface area (Å²) in [5.74, 6) is 5.51. The number of carboxylic acid groups (broad SMARTS) is 3. The Balaban J connectivity index is -0.000000283. The summed E-state index contributed by atoms with van der Waals surface area (Å²) in [5.41, 5.74) is 4.26. The number of aromatic hydroxyl groups is 2. The minimum atomic E-state index is -1.31. The molecular formula is C73H111N10O18Y3-3. The van der Waals surface area contributed by atoms with Gasteiger partial charge in [-0.1, -0.05) is 50.0 Å². The molecule has 31 heteroatoms. The number of aromatic amines is 4. The molecule has 7 heterocycles. The van der Waals surface area contributed by atoms with Crippen LogP contribution >= 0.6 is 0 Å². The van der Waals surface area contributed by atoms with Gasteiger partial charge in [0.1, 0.15) is 81.5 Å². The summed E-state index contributed by atoms with van der Waals surface area (Å²) >= 11 is 0. The van der Waals surface area contributed by atoms with Gasteiger partial charge in [0.2, 0.25) is 5.91 Å². The molecule has 10 N–H and O–H groups in total. The summed E-state index contributed by atoms with van der Waals surface area (Å²) in [7, 11) is 9.29. The molecule has 10 rings (SSSR count). The van der Waals surface area contributed by atoms with Crippen LogP contribution in [0.25, 0.3) is 6.08 Å². The van der Waals surface area contributed by atoms with Crippen LogP contribution in [0.2, 0.25) is 0 Å². The van der Waals surface area contributed by atoms with E-state index in [0.29, 0.717) is 69.0 Å². The van der Waals surface area contributed by atoms with Crippen LogP contribution < -0.4 is 38.5 Å². The summed E-state index contributed by atoms with van der Waals surface area (Å²) in [6, 6.07) is 11.5. The van der Waals surface area contributed by atoms with Gasteiger partial charge in [-0.2, -0.15) is 0 Å². The van der Waals surface area contributed by atoms with E-state index >= 15 is 0 Å². The largest absolute Gasteiger partial charge is 0.508 e. The number of aromatic nitrogens is 8. The number of aliphatic carboxylic acids is 3. The Labute approximate surface area is 690 Å². The number of benzene rings is 3. The minimum Gasteiger partial charge on any atom is -0.508 e. The third kappa shape index (κ3) is 37.3. The summed E-state index contributed by atoms with van der Waals surface area (Å²) < 4.78 is 36.6. The Kier molecular flexibility index (Phi) is 57.5. The van der Waals surface area contributed by atoms with Gasteiger partial charge in [0.25, 0.3) is 0 Å². The number of esters is 1. The number of hydrogen-bond donors (Lipinski definition) is 10. The molecule has 3 aliphatic rings. The number of hydrogen-bond acceptors (Lipinski definition) is 20. The van der Waals surface area contributed by atoms with Gasteiger partial charge in [-0.3, -0.25) is 24.0 Å². The van der Waals surface area contributed by atoms with Crippen LogP contribution in [0.4, 0.5) is 0 Å². The maximum absolute atomic E-state index is 13.2. The second-order valence-corrected chi connectivity index (χ2v) is 22.9. The van der Waals surface area contributed by atoms with Crippen LogP contribution in [0.15, 0.2) is 73.3 Å². The first-order valence-electron chi connectivity index (χ1n) is 30.3. The van der Waals surface area contributed by atoms with Gasteiger partial charge in [-0.25, -0.2) is 24.7 Å². The molecule has 4 aromatic heterocycles. The van der Waals surface area contributed by atoms with Crippen LogP contribution in [0.3, 0.4) is 0 Å². The Hall–Kier alpha value is -7.07. The number of piperidine rings is 2. The van der Waals surface area contributed by atoms with Crippen LogP contribution in [0.5, 0.6) is 51.7 Å². The van der Waals surface area contributed by atoms with Gasteiger partial charge < -0.3 is 111 Å². The fourth-order valence-electron chi connectivity index (χ4n) is 10.5. The van der Waals surface area contributed by atoms with Crippen molar-refractivity contribution in [1.82, 2.24) is 50.1 Å². The number of fused-ring (bicyclic) bond motifs is 1. The number of aldehydes is 1. The normalized spacial score (nSPS) is 15.5. The molecule has 104 heavy (non-hydrogen) atoms. The van der Waals surface area contributed by atoms with E-state index < -0.39 is 30.2 Å². The molecule has 573 valence electrons. The number of imidazole rings is 4. The van der Waals surface area contributed by atoms with E-state index in [0.717, 1.165) is 84.0 Å². The fourth-order valence-corrected chi connectivity index (χ4v) is 10.5. The van der Waals surface area contributed by atoms with E-state index in [2.05, 4.69) is 72.9 Å². The first-order chi connectivity index (χ1) is 45.1. The maximum Gasteiger partial charge on any atom is 0.328 e. The van der Waals surface area contributed by atoms with Crippen molar-refractivity contribution < 1.29 is 186 Å². The number of nitrogens with one attached hydrogen (secondary N) is 5. The Bertz CT molecular complexity index is 3600. The van der Waals surface area contributed by atoms with Crippen molar-refractivity contribution in [2.24, 2.45) is 23.7 Å². The fraction of sp³-hybridized carbons (Fsp3) is 0.438. The number of likely N-dealkylation sites (tertiary alicyclic amines) is 1. The van der Waals surface area contributed by atoms with E-state index in [-0.39, 0.29) is 185 Å². The van der Waals surface area contributed by atoms with Crippen molar-refractivity contribution in [2.45, 2.75) is 122 Å². The molecule has 0 saturated carbocycles. The second kappa shape index (κ2) is 55.4. The number of aryl methyl sites for hydroxylation is 4. The average Bonchev–Trinajstić information content (AvgIpc) is 1.19. The number of nitrogens with zero attached hydrogens (tertiary/aromatic N) is 5. The van der Waals surface area contributed by atoms with E-state index in [9.17, 15) is 33.9 Å². The summed E-state index contributed by atoms with van der Waals surface area (Å²) in [4.78, 5) is 94.1. The maximum atomic E-state index is 13.2. The Morgan fingerprint density at radius 2 is 1.05 bits per heavy atom. The standard InChI is InChI=1S/C22H31N3O4.C15H16N2O4.C8H10O3.C7H8N2O2.C7H15N.C5H6N2O.C3H4O4.3CH4.3CH3.3Y/c1-13-6-14(2)12-25(11-13)21(27)9-17(18-10-23-15(3)24-18)22-19(26)7-16(28-4)8-20(22)29-5;1-8-16-7-11(17-8)10-6-14(18)21-13-5-9(19-2)4-12(20-3)15(10)13;1-10-7-3-6(9)4-8(5-7)11-2;1-5-8-4-6(9-5)2-3-7(10)11;1-6-3-7(2)5-8-4-6;1-4-6-2-5(3-8)7-4;4-2(5)1-3(6)7;;;;;;;;;/h7-8,10,13-14,17,26H,6,9,11-12H2,1-5H3,(H,23,24);4-5,7,10H,6H2,1-3H3,(H,16,17);3-5,9H,1-2H3;2-4H,1H3,(H,8,9)(H,10,11);6-8H,3-5H2,1-2H3;2-3H,1H3,(H,6,7);1H2,(H,4,5)(H,6,7);3*1H4;3*1H3;;;/q;;;;;;;;;;3*-1;;;/b;;;3-2+;;;;;;;;;;;;/t13-,14+,17?;;;;6-,7+;;;;;;;;;;;. The molecule has 0 aliphatic carbocycles. The van der Waals surface area contributed by atoms with Gasteiger partial charge in [0, 0.05) is 213 Å². The zero-order valence-electron chi connectivity index (χ0n) is 60.9. The van der Waals surface area contributed by atoms with Crippen molar-refractivity contribution in [3.05, 3.63) is 153 Å². The second-order valence-electron chi connectivity index (χ2n) is 22.9. The van der Waals surface area contributed by atoms with Gasteiger partial charge >= 0.3 is 23.9 Å². The molecule has 2 saturated heterocycles. The quantitative estimate of drug-likeness (QED) is 0.0107. The molecule has 0 bridgehead atoms. The average molecular weight is 1680 g/mol. The first-order valence-corrected chi connectivity index (χ1v) is 30.3. The number of phenolic OH excluding ortho intramolecular Hbond substituents is 2. The molecule has 2 fully saturated rings. The molecule has 1 amide bonds. The molecule has 3 radical (unpaired) electrons. The minimum absolute atomic E-state index is 0. The predicted molar refractivity (Wildman–Crippen MR) is 391 cm³/mol. The summed E-state index contributed by atoms with van der Waals surface area (Å²) in [6.45, 7) is 20.3. The molecule has 0 spiro atoms. The van der Waals surface area contributed by atoms with Crippen molar-refractivity contribution in [3.63, 3.8) is 0 Å². The number of methoxy groups -OCH3 is 6. The summed E-state index contributed by atoms with van der Waals surface area (Å²) in [6.07, 6.45) is 12.0. The monoisotopic (exact) mass is 1680 g/mol. The Morgan fingerprint density at radius 3 is 1.44 bits per heavy atom. The number of H-pyrrole nitrogens is 4. The predicted octanol–water partition coefficient (Wildman–Crippen LogP) is 12.4. The Morgan fingerprint density at radius 1 is 0.596 bits per heavy atom. The number of rotatable bonds is 16. The van der Waals surface area contributed by atoms with Crippen LogP contribution in [0.1, 0.15) is 156 Å². The number of ether oxygens (including phenoxy) is 7. The molecule has 2 unspecified atom stereocenters. The van der Waals surface area contributed by atoms with Gasteiger partial charge in [-0.05, 0) is 83.4 Å². The smallest absolute Gasteiger partial charge is 0.328 e. The first kappa shape index (κ1) is 108. The number of carbonyl (C=O) groups excluding carboxylic acids is 3. The van der Waals surface area contributed by atoms with E-state index in [1.807, 2.05) is 18.7 Å². The topological polar surface area (TPSA) is 398 Å². The van der Waals surface area contributed by atoms with Gasteiger partial charge in [0.05, 0.1) is 72.9 Å². The zero-order chi connectivity index (χ0) is 70.5. The number of amides is 1. The van der Waals surface area contributed by atoms with E-state index in [1.165, 1.54) is 65.2 Å². The van der Waals surface area contributed by atoms with Crippen molar-refractivity contribution in [1.29, 1.82) is 0 Å².